The fraction of sp³-hybridized carbons (Fsp3) is 0.176. The van der Waals surface area contributed by atoms with Crippen molar-refractivity contribution in [2.45, 2.75) is 56.9 Å². The minimum Gasteiger partial charge on any atom is -0.338 e. The standard InChI is InChI=1S/C51H42N2S/c1-51(2)45-20-9-6-15-39(45)40-29-27-37(32-46(40)51)52(35-25-23-33(24-26-35)38-18-12-19-43-42-17-8-11-22-49(42)54-50(38)43)36-28-30-48-44(31-36)41-16-7-10-21-47(41)53(48)34-13-4-3-5-14-34/h3-6,8-9,11-15,17-20,22-32,41,47H,7,10,16,21H2,1-2H3. The highest BCUT2D eigenvalue weighted by Crippen LogP contribution is 2.54. The second-order valence-electron chi connectivity index (χ2n) is 16.0. The Bertz CT molecular complexity index is 2720. The molecule has 2 unspecified atom stereocenters. The number of hydrogen-bond donors (Lipinski definition) is 0. The van der Waals surface area contributed by atoms with Crippen LogP contribution in [0, 0.1) is 0 Å². The molecule has 2 heterocycles. The molecule has 3 heteroatoms. The molecule has 11 rings (SSSR count). The van der Waals surface area contributed by atoms with Crippen LogP contribution < -0.4 is 9.80 Å². The van der Waals surface area contributed by atoms with Gasteiger partial charge in [0, 0.05) is 66.0 Å². The van der Waals surface area contributed by atoms with Crippen LogP contribution in [0.1, 0.15) is 62.1 Å². The van der Waals surface area contributed by atoms with Crippen LogP contribution in [-0.2, 0) is 5.41 Å². The van der Waals surface area contributed by atoms with E-state index < -0.39 is 0 Å². The van der Waals surface area contributed by atoms with Gasteiger partial charge >= 0.3 is 0 Å². The maximum Gasteiger partial charge on any atom is 0.0465 e. The average molecular weight is 715 g/mol. The largest absolute Gasteiger partial charge is 0.338 e. The molecule has 0 bridgehead atoms. The first kappa shape index (κ1) is 31.8. The Morgan fingerprint density at radius 3 is 2.15 bits per heavy atom. The molecule has 2 atom stereocenters. The first-order valence-electron chi connectivity index (χ1n) is 19.6. The van der Waals surface area contributed by atoms with E-state index in [-0.39, 0.29) is 5.41 Å². The number of benzene rings is 7. The van der Waals surface area contributed by atoms with Gasteiger partial charge in [-0.15, -0.1) is 11.3 Å². The van der Waals surface area contributed by atoms with Gasteiger partial charge in [0.25, 0.3) is 0 Å². The third-order valence-corrected chi connectivity index (χ3v) is 13.9. The Morgan fingerprint density at radius 1 is 0.574 bits per heavy atom. The van der Waals surface area contributed by atoms with E-state index in [0.29, 0.717) is 12.0 Å². The summed E-state index contributed by atoms with van der Waals surface area (Å²) < 4.78 is 2.69. The van der Waals surface area contributed by atoms with Crippen molar-refractivity contribution in [1.82, 2.24) is 0 Å². The Morgan fingerprint density at radius 2 is 1.26 bits per heavy atom. The van der Waals surface area contributed by atoms with E-state index in [9.17, 15) is 0 Å². The highest BCUT2D eigenvalue weighted by molar-refractivity contribution is 7.26. The molecule has 8 aromatic rings. The molecule has 0 radical (unpaired) electrons. The summed E-state index contributed by atoms with van der Waals surface area (Å²) in [5, 5.41) is 2.68. The van der Waals surface area contributed by atoms with Crippen LogP contribution >= 0.6 is 11.3 Å². The van der Waals surface area contributed by atoms with Crippen molar-refractivity contribution in [2.24, 2.45) is 0 Å². The predicted molar refractivity (Wildman–Crippen MR) is 231 cm³/mol. The third kappa shape index (κ3) is 4.77. The van der Waals surface area contributed by atoms with Crippen molar-refractivity contribution in [3.8, 4) is 22.3 Å². The Kier molecular flexibility index (Phi) is 7.19. The molecule has 2 aliphatic carbocycles. The summed E-state index contributed by atoms with van der Waals surface area (Å²) in [4.78, 5) is 5.15. The molecule has 3 aliphatic rings. The minimum absolute atomic E-state index is 0.0795. The summed E-state index contributed by atoms with van der Waals surface area (Å²) in [6, 6.07) is 59.9. The van der Waals surface area contributed by atoms with Crippen molar-refractivity contribution in [3.63, 3.8) is 0 Å². The summed E-state index contributed by atoms with van der Waals surface area (Å²) in [6.45, 7) is 4.76. The maximum atomic E-state index is 2.64. The molecule has 0 spiro atoms. The zero-order chi connectivity index (χ0) is 36.0. The third-order valence-electron chi connectivity index (χ3n) is 12.7. The molecule has 1 fully saturated rings. The monoisotopic (exact) mass is 714 g/mol. The van der Waals surface area contributed by atoms with Gasteiger partial charge in [-0.3, -0.25) is 0 Å². The zero-order valence-corrected chi connectivity index (χ0v) is 31.6. The van der Waals surface area contributed by atoms with Gasteiger partial charge in [-0.2, -0.15) is 0 Å². The SMILES string of the molecule is CC1(C)c2ccccc2-c2ccc(N(c3ccc(-c4cccc5c4sc4ccccc45)cc3)c3ccc4c(c3)C3CCCCC3N4c3ccccc3)cc21. The average Bonchev–Trinajstić information content (AvgIpc) is 3.84. The van der Waals surface area contributed by atoms with Gasteiger partial charge in [0.15, 0.2) is 0 Å². The lowest BCUT2D eigenvalue weighted by atomic mass is 9.82. The van der Waals surface area contributed by atoms with Crippen molar-refractivity contribution in [2.75, 3.05) is 9.80 Å². The highest BCUT2D eigenvalue weighted by atomic mass is 32.1. The predicted octanol–water partition coefficient (Wildman–Crippen LogP) is 14.7. The van der Waals surface area contributed by atoms with Gasteiger partial charge in [-0.1, -0.05) is 124 Å². The lowest BCUT2D eigenvalue weighted by Crippen LogP contribution is -2.32. The smallest absolute Gasteiger partial charge is 0.0465 e. The van der Waals surface area contributed by atoms with Crippen LogP contribution in [-0.4, -0.2) is 6.04 Å². The van der Waals surface area contributed by atoms with Crippen molar-refractivity contribution >= 4 is 59.9 Å². The van der Waals surface area contributed by atoms with E-state index in [2.05, 4.69) is 181 Å². The summed E-state index contributed by atoms with van der Waals surface area (Å²) in [7, 11) is 0. The van der Waals surface area contributed by atoms with E-state index in [4.69, 9.17) is 0 Å². The molecule has 1 saturated carbocycles. The number of fused-ring (bicyclic) bond motifs is 9. The van der Waals surface area contributed by atoms with E-state index in [0.717, 1.165) is 0 Å². The van der Waals surface area contributed by atoms with Crippen molar-refractivity contribution in [3.05, 3.63) is 174 Å². The van der Waals surface area contributed by atoms with Gasteiger partial charge in [0.05, 0.1) is 0 Å². The van der Waals surface area contributed by atoms with Gasteiger partial charge in [-0.05, 0) is 112 Å². The summed E-state index contributed by atoms with van der Waals surface area (Å²) in [6.07, 6.45) is 5.08. The van der Waals surface area contributed by atoms with E-state index >= 15 is 0 Å². The zero-order valence-electron chi connectivity index (χ0n) is 30.8. The van der Waals surface area contributed by atoms with Gasteiger partial charge in [0.2, 0.25) is 0 Å². The Balaban J connectivity index is 1.06. The van der Waals surface area contributed by atoms with Crippen LogP contribution in [0.4, 0.5) is 28.4 Å². The lowest BCUT2D eigenvalue weighted by molar-refractivity contribution is 0.402. The van der Waals surface area contributed by atoms with Gasteiger partial charge in [-0.25, -0.2) is 0 Å². The molecule has 0 amide bonds. The van der Waals surface area contributed by atoms with E-state index in [1.165, 1.54) is 113 Å². The van der Waals surface area contributed by atoms with Crippen LogP contribution in [0.5, 0.6) is 0 Å². The summed E-state index contributed by atoms with van der Waals surface area (Å²) in [5.74, 6) is 0.536. The molecule has 0 N–H and O–H groups in total. The van der Waals surface area contributed by atoms with E-state index in [1.807, 2.05) is 11.3 Å². The molecule has 2 nitrogen and oxygen atoms in total. The molecule has 1 aromatic heterocycles. The number of thiophene rings is 1. The molecule has 1 aliphatic heterocycles. The van der Waals surface area contributed by atoms with Gasteiger partial charge in [0.1, 0.15) is 0 Å². The van der Waals surface area contributed by atoms with Crippen molar-refractivity contribution in [1.29, 1.82) is 0 Å². The molecule has 7 aromatic carbocycles. The van der Waals surface area contributed by atoms with E-state index in [1.54, 1.807) is 0 Å². The summed E-state index contributed by atoms with van der Waals surface area (Å²) in [5.41, 5.74) is 15.7. The normalized spacial score (nSPS) is 18.0. The maximum absolute atomic E-state index is 2.64. The number of rotatable bonds is 5. The van der Waals surface area contributed by atoms with Crippen molar-refractivity contribution < 1.29 is 0 Å². The highest BCUT2D eigenvalue weighted by Gasteiger charge is 2.41. The molecule has 262 valence electrons. The quantitative estimate of drug-likeness (QED) is 0.175. The number of para-hydroxylation sites is 1. The van der Waals surface area contributed by atoms with Crippen LogP contribution in [0.15, 0.2) is 158 Å². The second-order valence-corrected chi connectivity index (χ2v) is 17.0. The number of nitrogens with zero attached hydrogens (tertiary/aromatic N) is 2. The molecular formula is C51H42N2S. The van der Waals surface area contributed by atoms with Crippen LogP contribution in [0.3, 0.4) is 0 Å². The number of anilines is 5. The molecular weight excluding hydrogens is 673 g/mol. The fourth-order valence-corrected chi connectivity index (χ4v) is 11.4. The number of hydrogen-bond acceptors (Lipinski definition) is 3. The van der Waals surface area contributed by atoms with Gasteiger partial charge < -0.3 is 9.80 Å². The van der Waals surface area contributed by atoms with Crippen LogP contribution in [0.25, 0.3) is 42.4 Å². The Hall–Kier alpha value is -5.64. The van der Waals surface area contributed by atoms with Crippen LogP contribution in [0.2, 0.25) is 0 Å². The lowest BCUT2D eigenvalue weighted by Gasteiger charge is -2.33. The molecule has 0 saturated heterocycles. The molecule has 54 heavy (non-hydrogen) atoms. The first-order chi connectivity index (χ1) is 26.5. The summed E-state index contributed by atoms with van der Waals surface area (Å²) >= 11 is 1.90. The topological polar surface area (TPSA) is 6.48 Å². The second kappa shape index (κ2) is 12.2. The first-order valence-corrected chi connectivity index (χ1v) is 20.4. The minimum atomic E-state index is -0.0795. The fourth-order valence-electron chi connectivity index (χ4n) is 10.1. The Labute approximate surface area is 322 Å².